The van der Waals surface area contributed by atoms with Gasteiger partial charge in [-0.3, -0.25) is 24.2 Å². The van der Waals surface area contributed by atoms with Crippen LogP contribution in [0.4, 0.5) is 0 Å². The maximum Gasteiger partial charge on any atom is 0.342 e. The van der Waals surface area contributed by atoms with Crippen LogP contribution in [0.1, 0.15) is 46.2 Å². The minimum Gasteiger partial charge on any atom is -0.479 e. The maximum absolute atomic E-state index is 14.0. The molecular weight excluding hydrogens is 787 g/mol. The minimum absolute atomic E-state index is 0.0697. The molecule has 6 aromatic rings. The number of carbonyl (C=O) groups is 4. The Morgan fingerprint density at radius 1 is 0.550 bits per heavy atom. The molecule has 1 aliphatic rings. The highest BCUT2D eigenvalue weighted by Crippen LogP contribution is 2.49. The number of thioether (sulfide) groups is 2. The smallest absolute Gasteiger partial charge is 0.342 e. The van der Waals surface area contributed by atoms with Gasteiger partial charge < -0.3 is 10.4 Å². The van der Waals surface area contributed by atoms with Gasteiger partial charge in [0.15, 0.2) is 6.17 Å². The Morgan fingerprint density at radius 2 is 0.867 bits per heavy atom. The van der Waals surface area contributed by atoms with E-state index in [1.54, 1.807) is 23.5 Å². The van der Waals surface area contributed by atoms with Crippen molar-refractivity contribution in [1.29, 1.82) is 0 Å². The molecule has 8 nitrogen and oxygen atoms in total. The number of carboxylic acid groups (broad SMARTS) is 1. The third kappa shape index (κ3) is 9.11. The monoisotopic (exact) mass is 833 g/mol. The molecule has 0 saturated carbocycles. The van der Waals surface area contributed by atoms with Gasteiger partial charge in [-0.25, -0.2) is 4.79 Å². The number of carboxylic acids is 1. The van der Waals surface area contributed by atoms with Gasteiger partial charge in [-0.1, -0.05) is 182 Å². The summed E-state index contributed by atoms with van der Waals surface area (Å²) in [6, 6.07) is 61.3. The topological polar surface area (TPSA) is 107 Å². The Kier molecular flexibility index (Phi) is 14.0. The molecule has 10 heteroatoms. The van der Waals surface area contributed by atoms with Crippen molar-refractivity contribution >= 4 is 47.2 Å². The summed E-state index contributed by atoms with van der Waals surface area (Å²) in [5, 5.41) is 13.7. The number of aliphatic carboxylic acids is 1. The Balaban J connectivity index is 1.14. The van der Waals surface area contributed by atoms with E-state index in [0.29, 0.717) is 18.1 Å². The molecule has 3 amide bonds. The van der Waals surface area contributed by atoms with Gasteiger partial charge in [0.05, 0.1) is 16.0 Å². The van der Waals surface area contributed by atoms with Crippen LogP contribution in [0.2, 0.25) is 0 Å². The van der Waals surface area contributed by atoms with Crippen LogP contribution in [0.25, 0.3) is 0 Å². The van der Waals surface area contributed by atoms with Crippen molar-refractivity contribution in [2.45, 2.75) is 28.5 Å². The molecule has 1 fully saturated rings. The minimum atomic E-state index is -1.64. The number of rotatable bonds is 19. The Morgan fingerprint density at radius 3 is 1.18 bits per heavy atom. The summed E-state index contributed by atoms with van der Waals surface area (Å²) in [7, 11) is 0. The van der Waals surface area contributed by atoms with E-state index < -0.39 is 39.4 Å². The van der Waals surface area contributed by atoms with Crippen LogP contribution >= 0.6 is 23.5 Å². The van der Waals surface area contributed by atoms with Gasteiger partial charge in [0, 0.05) is 37.4 Å². The first kappa shape index (κ1) is 42.2. The van der Waals surface area contributed by atoms with Gasteiger partial charge in [0.1, 0.15) is 0 Å². The summed E-state index contributed by atoms with van der Waals surface area (Å²) in [5.74, 6) is -2.02. The van der Waals surface area contributed by atoms with Crippen molar-refractivity contribution in [2.75, 3.05) is 31.1 Å². The average Bonchev–Trinajstić information content (AvgIpc) is 3.63. The number of hydrogen-bond acceptors (Lipinski definition) is 7. The van der Waals surface area contributed by atoms with Crippen molar-refractivity contribution in [3.05, 3.63) is 215 Å². The van der Waals surface area contributed by atoms with Crippen molar-refractivity contribution in [2.24, 2.45) is 0 Å². The van der Waals surface area contributed by atoms with Gasteiger partial charge in [-0.2, -0.15) is 0 Å². The van der Waals surface area contributed by atoms with Gasteiger partial charge in [0.25, 0.3) is 0 Å². The molecule has 0 aliphatic carbocycles. The molecule has 60 heavy (non-hydrogen) atoms. The van der Waals surface area contributed by atoms with E-state index in [2.05, 4.69) is 78.1 Å². The lowest BCUT2D eigenvalue weighted by atomic mass is 9.84. The molecule has 1 heterocycles. The lowest BCUT2D eigenvalue weighted by Crippen LogP contribution is -2.58. The van der Waals surface area contributed by atoms with E-state index in [9.17, 15) is 24.3 Å². The molecule has 7 rings (SSSR count). The first-order chi connectivity index (χ1) is 29.3. The van der Waals surface area contributed by atoms with Crippen LogP contribution in [0.5, 0.6) is 0 Å². The fourth-order valence-corrected chi connectivity index (χ4v) is 11.0. The predicted octanol–water partition coefficient (Wildman–Crippen LogP) is 8.41. The van der Waals surface area contributed by atoms with E-state index >= 15 is 0 Å². The molecule has 6 aromatic carbocycles. The van der Waals surface area contributed by atoms with Crippen LogP contribution < -0.4 is 5.32 Å². The van der Waals surface area contributed by atoms with Crippen molar-refractivity contribution in [3.63, 3.8) is 0 Å². The van der Waals surface area contributed by atoms with Crippen LogP contribution in [-0.4, -0.2) is 75.9 Å². The number of likely N-dealkylation sites (tertiary alicyclic amines) is 1. The lowest BCUT2D eigenvalue weighted by Gasteiger charge is -2.37. The van der Waals surface area contributed by atoms with E-state index in [-0.39, 0.29) is 25.9 Å². The second kappa shape index (κ2) is 19.9. The van der Waals surface area contributed by atoms with Crippen LogP contribution in [-0.2, 0) is 28.7 Å². The number of carbonyl (C=O) groups excluding carboxylic acids is 3. The molecule has 0 spiro atoms. The fraction of sp³-hybridized carbons (Fsp3) is 0.200. The number of nitrogens with zero attached hydrogens (tertiary/aromatic N) is 2. The summed E-state index contributed by atoms with van der Waals surface area (Å²) < 4.78 is -1.28. The molecule has 304 valence electrons. The zero-order chi connectivity index (χ0) is 41.8. The third-order valence-corrected chi connectivity index (χ3v) is 13.8. The standard InChI is InChI=1S/C50H47N3O5S2/c54-44(51-33-35-59-49(38-19-7-1-8-20-38,39-21-9-2-10-22-39)40-23-11-3-12-24-40)37-52(47(48(57)58)53-45(55)31-32-46(53)56)34-36-60-50(41-25-13-4-14-26-41,42-27-15-5-16-28-42)43-29-17-6-18-30-43/h1-30,47H,31-37H2,(H,51,54)(H,57,58). The molecule has 1 aliphatic heterocycles. The van der Waals surface area contributed by atoms with E-state index in [1.807, 2.05) is 109 Å². The van der Waals surface area contributed by atoms with Crippen LogP contribution in [0.15, 0.2) is 182 Å². The van der Waals surface area contributed by atoms with E-state index in [0.717, 1.165) is 38.3 Å². The number of imide groups is 1. The van der Waals surface area contributed by atoms with E-state index in [1.165, 1.54) is 4.90 Å². The fourth-order valence-electron chi connectivity index (χ4n) is 8.07. The molecule has 0 radical (unpaired) electrons. The number of benzene rings is 6. The lowest BCUT2D eigenvalue weighted by molar-refractivity contribution is -0.163. The predicted molar refractivity (Wildman–Crippen MR) is 240 cm³/mol. The summed E-state index contributed by atoms with van der Waals surface area (Å²) in [5.41, 5.74) is 6.40. The highest BCUT2D eigenvalue weighted by Gasteiger charge is 2.44. The number of amides is 3. The van der Waals surface area contributed by atoms with Gasteiger partial charge >= 0.3 is 5.97 Å². The number of hydrogen-bond donors (Lipinski definition) is 2. The summed E-state index contributed by atoms with van der Waals surface area (Å²) in [6.07, 6.45) is -1.78. The first-order valence-corrected chi connectivity index (χ1v) is 22.0. The summed E-state index contributed by atoms with van der Waals surface area (Å²) >= 11 is 3.33. The quantitative estimate of drug-likeness (QED) is 0.0477. The Hall–Kier alpha value is -5.94. The second-order valence-electron chi connectivity index (χ2n) is 14.4. The Labute approximate surface area is 360 Å². The largest absolute Gasteiger partial charge is 0.479 e. The molecule has 0 bridgehead atoms. The second-order valence-corrected chi connectivity index (χ2v) is 17.1. The molecule has 1 atom stereocenters. The molecular formula is C50H47N3O5S2. The zero-order valence-electron chi connectivity index (χ0n) is 33.1. The molecule has 1 unspecified atom stereocenters. The maximum atomic E-state index is 14.0. The molecule has 1 saturated heterocycles. The van der Waals surface area contributed by atoms with Gasteiger partial charge in [-0.15, -0.1) is 23.5 Å². The van der Waals surface area contributed by atoms with Crippen LogP contribution in [0.3, 0.4) is 0 Å². The van der Waals surface area contributed by atoms with E-state index in [4.69, 9.17) is 0 Å². The third-order valence-electron chi connectivity index (χ3n) is 10.8. The summed E-state index contributed by atoms with van der Waals surface area (Å²) in [4.78, 5) is 55.5. The SMILES string of the molecule is O=C(CN(CCSC(c1ccccc1)(c1ccccc1)c1ccccc1)C(C(=O)O)N1C(=O)CCC1=O)NCCSC(c1ccccc1)(c1ccccc1)c1ccccc1. The van der Waals surface area contributed by atoms with Crippen molar-refractivity contribution < 1.29 is 24.3 Å². The summed E-state index contributed by atoms with van der Waals surface area (Å²) in [6.45, 7) is 0.0441. The van der Waals surface area contributed by atoms with Crippen LogP contribution in [0, 0.1) is 0 Å². The average molecular weight is 834 g/mol. The Bertz CT molecular complexity index is 2130. The van der Waals surface area contributed by atoms with Gasteiger partial charge in [0.2, 0.25) is 17.7 Å². The normalized spacial score (nSPS) is 13.7. The van der Waals surface area contributed by atoms with Gasteiger partial charge in [-0.05, 0) is 33.4 Å². The zero-order valence-corrected chi connectivity index (χ0v) is 34.8. The van der Waals surface area contributed by atoms with Crippen molar-refractivity contribution in [3.8, 4) is 0 Å². The van der Waals surface area contributed by atoms with Crippen molar-refractivity contribution in [1.82, 2.24) is 15.1 Å². The molecule has 0 aromatic heterocycles. The number of nitrogens with one attached hydrogen (secondary N) is 1. The molecule has 2 N–H and O–H groups in total. The first-order valence-electron chi connectivity index (χ1n) is 20.0. The highest BCUT2D eigenvalue weighted by atomic mass is 32.2. The highest BCUT2D eigenvalue weighted by molar-refractivity contribution is 8.00.